The minimum absolute atomic E-state index is 0.519. The molecule has 1 aliphatic rings. The van der Waals surface area contributed by atoms with Crippen LogP contribution < -0.4 is 10.6 Å². The van der Waals surface area contributed by atoms with Crippen LogP contribution in [0.3, 0.4) is 0 Å². The van der Waals surface area contributed by atoms with E-state index in [2.05, 4.69) is 35.9 Å². The van der Waals surface area contributed by atoms with E-state index in [1.54, 1.807) is 0 Å². The maximum Gasteiger partial charge on any atom is 0.0407 e. The van der Waals surface area contributed by atoms with Gasteiger partial charge in [0.25, 0.3) is 0 Å². The van der Waals surface area contributed by atoms with Crippen molar-refractivity contribution in [1.82, 2.24) is 4.90 Å². The number of nitrogens with two attached hydrogens (primary N) is 1. The minimum Gasteiger partial charge on any atom is -0.366 e. The third kappa shape index (κ3) is 2.97. The molecule has 18 heavy (non-hydrogen) atoms. The van der Waals surface area contributed by atoms with Gasteiger partial charge in [0, 0.05) is 35.9 Å². The molecule has 1 heterocycles. The second-order valence-electron chi connectivity index (χ2n) is 5.15. The number of hydrogen-bond acceptors (Lipinski definition) is 3. The van der Waals surface area contributed by atoms with E-state index >= 15 is 0 Å². The van der Waals surface area contributed by atoms with Gasteiger partial charge in [0.15, 0.2) is 0 Å². The first kappa shape index (κ1) is 13.7. The zero-order valence-electron chi connectivity index (χ0n) is 11.1. The van der Waals surface area contributed by atoms with Crippen molar-refractivity contribution in [2.45, 2.75) is 25.4 Å². The highest BCUT2D eigenvalue weighted by Gasteiger charge is 2.28. The molecule has 1 aromatic carbocycles. The first-order chi connectivity index (χ1) is 8.61. The van der Waals surface area contributed by atoms with Gasteiger partial charge in [-0.25, -0.2) is 0 Å². The van der Waals surface area contributed by atoms with Gasteiger partial charge in [-0.3, -0.25) is 4.90 Å². The average Bonchev–Trinajstić information content (AvgIpc) is 2.34. The Morgan fingerprint density at radius 3 is 2.56 bits per heavy atom. The number of nitrogens with zero attached hydrogens (tertiary/aromatic N) is 2. The topological polar surface area (TPSA) is 32.5 Å². The second-order valence-corrected chi connectivity index (χ2v) is 5.58. The number of hydrogen-bond donors (Lipinski definition) is 1. The van der Waals surface area contributed by atoms with Crippen LogP contribution in [0.1, 0.15) is 13.3 Å². The molecule has 2 rings (SSSR count). The molecule has 100 valence electrons. The summed E-state index contributed by atoms with van der Waals surface area (Å²) in [6.45, 7) is 5.13. The van der Waals surface area contributed by atoms with Crippen molar-refractivity contribution in [2.75, 3.05) is 31.6 Å². The van der Waals surface area contributed by atoms with Gasteiger partial charge in [-0.15, -0.1) is 0 Å². The molecule has 1 aliphatic heterocycles. The minimum atomic E-state index is 0.519. The Morgan fingerprint density at radius 1 is 1.28 bits per heavy atom. The molecule has 2 atom stereocenters. The van der Waals surface area contributed by atoms with E-state index in [1.807, 2.05) is 12.1 Å². The third-order valence-electron chi connectivity index (χ3n) is 3.77. The molecule has 0 aliphatic carbocycles. The molecule has 0 aromatic heterocycles. The van der Waals surface area contributed by atoms with Crippen LogP contribution in [0, 0.1) is 0 Å². The molecule has 3 nitrogen and oxygen atoms in total. The van der Waals surface area contributed by atoms with Crippen molar-refractivity contribution in [2.24, 2.45) is 5.73 Å². The van der Waals surface area contributed by atoms with Gasteiger partial charge >= 0.3 is 0 Å². The van der Waals surface area contributed by atoms with Crippen LogP contribution in [0.25, 0.3) is 0 Å². The molecular formula is C14H22ClN3. The van der Waals surface area contributed by atoms with E-state index in [1.165, 1.54) is 5.69 Å². The third-order valence-corrected chi connectivity index (χ3v) is 4.03. The van der Waals surface area contributed by atoms with E-state index in [9.17, 15) is 0 Å². The monoisotopic (exact) mass is 267 g/mol. The predicted molar refractivity (Wildman–Crippen MR) is 78.3 cm³/mol. The normalized spacial score (nSPS) is 25.4. The highest BCUT2D eigenvalue weighted by molar-refractivity contribution is 6.30. The van der Waals surface area contributed by atoms with Crippen molar-refractivity contribution in [1.29, 1.82) is 0 Å². The van der Waals surface area contributed by atoms with Crippen molar-refractivity contribution in [3.8, 4) is 0 Å². The lowest BCUT2D eigenvalue weighted by molar-refractivity contribution is 0.185. The van der Waals surface area contributed by atoms with Crippen molar-refractivity contribution >= 4 is 17.3 Å². The van der Waals surface area contributed by atoms with Gasteiger partial charge in [-0.1, -0.05) is 11.6 Å². The van der Waals surface area contributed by atoms with Gasteiger partial charge in [0.1, 0.15) is 0 Å². The van der Waals surface area contributed by atoms with Crippen molar-refractivity contribution < 1.29 is 0 Å². The Hall–Kier alpha value is -0.770. The quantitative estimate of drug-likeness (QED) is 0.911. The van der Waals surface area contributed by atoms with Crippen LogP contribution in [0.4, 0.5) is 5.69 Å². The van der Waals surface area contributed by atoms with Crippen molar-refractivity contribution in [3.63, 3.8) is 0 Å². The zero-order valence-corrected chi connectivity index (χ0v) is 11.9. The summed E-state index contributed by atoms with van der Waals surface area (Å²) in [5, 5.41) is 0.791. The van der Waals surface area contributed by atoms with Gasteiger partial charge in [0.2, 0.25) is 0 Å². The number of halogens is 1. The molecule has 0 bridgehead atoms. The van der Waals surface area contributed by atoms with E-state index in [-0.39, 0.29) is 0 Å². The molecular weight excluding hydrogens is 246 g/mol. The average molecular weight is 268 g/mol. The summed E-state index contributed by atoms with van der Waals surface area (Å²) < 4.78 is 0. The largest absolute Gasteiger partial charge is 0.366 e. The Morgan fingerprint density at radius 2 is 1.94 bits per heavy atom. The van der Waals surface area contributed by atoms with Gasteiger partial charge in [0.05, 0.1) is 0 Å². The number of anilines is 1. The van der Waals surface area contributed by atoms with Crippen LogP contribution in [0.15, 0.2) is 24.3 Å². The van der Waals surface area contributed by atoms with E-state index in [0.29, 0.717) is 12.1 Å². The Balaban J connectivity index is 2.13. The number of rotatable bonds is 3. The molecule has 0 spiro atoms. The number of likely N-dealkylation sites (N-methyl/N-ethyl adjacent to an activating group) is 1. The summed E-state index contributed by atoms with van der Waals surface area (Å²) >= 11 is 5.95. The van der Waals surface area contributed by atoms with Crippen molar-refractivity contribution in [3.05, 3.63) is 29.3 Å². The lowest BCUT2D eigenvalue weighted by atomic mass is 10.0. The van der Waals surface area contributed by atoms with Crippen LogP contribution in [-0.2, 0) is 0 Å². The van der Waals surface area contributed by atoms with Crippen LogP contribution in [-0.4, -0.2) is 43.7 Å². The molecule has 2 unspecified atom stereocenters. The highest BCUT2D eigenvalue weighted by atomic mass is 35.5. The maximum atomic E-state index is 5.95. The number of piperazine rings is 1. The summed E-state index contributed by atoms with van der Waals surface area (Å²) in [7, 11) is 2.19. The van der Waals surface area contributed by atoms with E-state index < -0.39 is 0 Å². The summed E-state index contributed by atoms with van der Waals surface area (Å²) in [4.78, 5) is 4.88. The standard InChI is InChI=1S/C14H22ClN3/c1-11-9-17(2)14(7-8-16)10-18(11)13-5-3-12(15)4-6-13/h3-6,11,14H,7-10,16H2,1-2H3. The molecule has 4 heteroatoms. The maximum absolute atomic E-state index is 5.95. The van der Waals surface area contributed by atoms with Crippen LogP contribution in [0.2, 0.25) is 5.02 Å². The summed E-state index contributed by atoms with van der Waals surface area (Å²) in [6, 6.07) is 9.18. The fourth-order valence-corrected chi connectivity index (χ4v) is 2.83. The smallest absolute Gasteiger partial charge is 0.0407 e. The molecule has 0 amide bonds. The lowest BCUT2D eigenvalue weighted by Crippen LogP contribution is -2.56. The fourth-order valence-electron chi connectivity index (χ4n) is 2.71. The SMILES string of the molecule is CC1CN(C)C(CCN)CN1c1ccc(Cl)cc1. The van der Waals surface area contributed by atoms with Gasteiger partial charge < -0.3 is 10.6 Å². The Labute approximate surface area is 115 Å². The predicted octanol–water partition coefficient (Wildman–Crippen LogP) is 2.20. The van der Waals surface area contributed by atoms with Gasteiger partial charge in [-0.2, -0.15) is 0 Å². The molecule has 1 fully saturated rings. The van der Waals surface area contributed by atoms with Gasteiger partial charge in [-0.05, 0) is 51.2 Å². The number of benzene rings is 1. The Bertz CT molecular complexity index is 379. The summed E-state index contributed by atoms with van der Waals surface area (Å²) in [5.74, 6) is 0. The molecule has 1 aromatic rings. The molecule has 0 radical (unpaired) electrons. The highest BCUT2D eigenvalue weighted by Crippen LogP contribution is 2.24. The first-order valence-corrected chi connectivity index (χ1v) is 6.92. The van der Waals surface area contributed by atoms with E-state index in [0.717, 1.165) is 31.1 Å². The summed E-state index contributed by atoms with van der Waals surface area (Å²) in [5.41, 5.74) is 6.95. The van der Waals surface area contributed by atoms with Crippen LogP contribution >= 0.6 is 11.6 Å². The molecule has 0 saturated carbocycles. The van der Waals surface area contributed by atoms with Crippen LogP contribution in [0.5, 0.6) is 0 Å². The summed E-state index contributed by atoms with van der Waals surface area (Å²) in [6.07, 6.45) is 1.05. The van der Waals surface area contributed by atoms with E-state index in [4.69, 9.17) is 17.3 Å². The first-order valence-electron chi connectivity index (χ1n) is 6.54. The fraction of sp³-hybridized carbons (Fsp3) is 0.571. The molecule has 1 saturated heterocycles. The molecule has 2 N–H and O–H groups in total. The second kappa shape index (κ2) is 5.91. The Kier molecular flexibility index (Phi) is 4.49. The lowest BCUT2D eigenvalue weighted by Gasteiger charge is -2.45. The zero-order chi connectivity index (χ0) is 13.1.